The molecule has 2 rings (SSSR count). The van der Waals surface area contributed by atoms with Crippen LogP contribution in [-0.4, -0.2) is 26.5 Å². The largest absolute Gasteiger partial charge is 0.530 e. The highest BCUT2D eigenvalue weighted by Crippen LogP contribution is 2.34. The maximum absolute atomic E-state index is 10.8. The molecule has 1 atom stereocenters. The van der Waals surface area contributed by atoms with Gasteiger partial charge in [-0.2, -0.15) is 0 Å². The molecule has 1 aliphatic heterocycles. The molecule has 0 aromatic heterocycles. The Kier molecular flexibility index (Phi) is 4.35. The van der Waals surface area contributed by atoms with E-state index in [9.17, 15) is 9.90 Å². The number of amides is 1. The maximum Gasteiger partial charge on any atom is 0.268 e. The fourth-order valence-corrected chi connectivity index (χ4v) is 2.12. The van der Waals surface area contributed by atoms with E-state index in [-0.39, 0.29) is 16.6 Å². The van der Waals surface area contributed by atoms with Crippen molar-refractivity contribution in [1.82, 2.24) is 5.32 Å². The lowest BCUT2D eigenvalue weighted by molar-refractivity contribution is -0.242. The topological polar surface area (TPSA) is 95.0 Å². The summed E-state index contributed by atoms with van der Waals surface area (Å²) in [5.74, 6) is -1.10. The first-order chi connectivity index (χ1) is 10.0. The number of carbonyl (C=O) groups excluding carboxylic acids is 1. The second-order valence-corrected chi connectivity index (χ2v) is 4.48. The van der Waals surface area contributed by atoms with Gasteiger partial charge in [-0.1, -0.05) is 23.7 Å². The summed E-state index contributed by atoms with van der Waals surface area (Å²) in [5, 5.41) is 16.2. The molecule has 7 nitrogen and oxygen atoms in total. The van der Waals surface area contributed by atoms with E-state index < -0.39 is 11.9 Å². The quantitative estimate of drug-likeness (QED) is 0.862. The number of halogens is 1. The van der Waals surface area contributed by atoms with Crippen LogP contribution in [0.3, 0.4) is 0 Å². The van der Waals surface area contributed by atoms with Crippen molar-refractivity contribution in [3.05, 3.63) is 40.7 Å². The molecule has 8 heteroatoms. The summed E-state index contributed by atoms with van der Waals surface area (Å²) in [6.45, 7) is 0. The number of nitrogens with zero attached hydrogens (tertiary/aromatic N) is 1. The first kappa shape index (κ1) is 15.1. The van der Waals surface area contributed by atoms with Gasteiger partial charge in [0.2, 0.25) is 5.88 Å². The van der Waals surface area contributed by atoms with Gasteiger partial charge < -0.3 is 30.0 Å². The van der Waals surface area contributed by atoms with Crippen LogP contribution in [0, 0.1) is 0 Å². The number of para-hydroxylation sites is 1. The van der Waals surface area contributed by atoms with Gasteiger partial charge in [0, 0.05) is 12.8 Å². The number of ether oxygens (including phenoxy) is 2. The molecule has 2 N–H and O–H groups in total. The monoisotopic (exact) mass is 310 g/mol. The molecule has 0 bridgehead atoms. The molecule has 0 saturated heterocycles. The Labute approximate surface area is 126 Å². The Bertz CT molecular complexity index is 617. The Morgan fingerprint density at radius 2 is 2.14 bits per heavy atom. The van der Waals surface area contributed by atoms with Crippen LogP contribution in [0.15, 0.2) is 40.2 Å². The zero-order valence-corrected chi connectivity index (χ0v) is 12.1. The number of anilines is 1. The number of carbonyl (C=O) groups is 1. The van der Waals surface area contributed by atoms with Crippen molar-refractivity contribution >= 4 is 29.6 Å². The van der Waals surface area contributed by atoms with E-state index >= 15 is 0 Å². The number of nitrogens with one attached hydrogen (secondary N) is 2. The smallest absolute Gasteiger partial charge is 0.268 e. The Hall–Kier alpha value is -2.25. The highest BCUT2D eigenvalue weighted by Gasteiger charge is 2.37. The van der Waals surface area contributed by atoms with Gasteiger partial charge in [-0.05, 0) is 12.1 Å². The summed E-state index contributed by atoms with van der Waals surface area (Å²) < 4.78 is 10.6. The lowest BCUT2D eigenvalue weighted by Gasteiger charge is -2.34. The van der Waals surface area contributed by atoms with Crippen LogP contribution in [0.5, 0.6) is 0 Å². The highest BCUT2D eigenvalue weighted by molar-refractivity contribution is 6.39. The second-order valence-electron chi connectivity index (χ2n) is 4.07. The van der Waals surface area contributed by atoms with Crippen LogP contribution in [0.4, 0.5) is 10.5 Å². The second kappa shape index (κ2) is 6.02. The van der Waals surface area contributed by atoms with Crippen LogP contribution >= 0.6 is 11.6 Å². The molecule has 1 amide bonds. The summed E-state index contributed by atoms with van der Waals surface area (Å²) in [5.41, 5.74) is 0.712. The molecular formula is C13H13ClN3O4-. The van der Waals surface area contributed by atoms with Crippen LogP contribution < -0.4 is 15.7 Å². The molecule has 0 fully saturated rings. The minimum atomic E-state index is -1.44. The SMILES string of the molecule is COC1=C(Cl)C=NC(OC)(c2ccccc2NC(=O)[O-])N1. The standard InChI is InChI=1S/C13H14ClN3O4/c1-20-11-9(14)7-15-13(17-11,21-2)8-5-3-4-6-10(8)16-12(18)19/h3-7,16-17H,1-2H3,(H,18,19)/p-1. The first-order valence-corrected chi connectivity index (χ1v) is 6.30. The maximum atomic E-state index is 10.8. The summed E-state index contributed by atoms with van der Waals surface area (Å²) in [4.78, 5) is 15.0. The van der Waals surface area contributed by atoms with Crippen molar-refractivity contribution in [1.29, 1.82) is 0 Å². The molecule has 0 spiro atoms. The van der Waals surface area contributed by atoms with Crippen LogP contribution in [0.25, 0.3) is 0 Å². The van der Waals surface area contributed by atoms with Crippen LogP contribution in [0.2, 0.25) is 0 Å². The number of aliphatic imine (C=N–C) groups is 1. The predicted molar refractivity (Wildman–Crippen MR) is 75.7 cm³/mol. The molecule has 1 heterocycles. The molecule has 1 aromatic carbocycles. The number of carboxylic acid groups (broad SMARTS) is 1. The van der Waals surface area contributed by atoms with E-state index in [4.69, 9.17) is 21.1 Å². The molecule has 1 aromatic rings. The third kappa shape index (κ3) is 2.93. The number of benzene rings is 1. The van der Waals surface area contributed by atoms with Gasteiger partial charge in [0.15, 0.2) is 0 Å². The highest BCUT2D eigenvalue weighted by atomic mass is 35.5. The Balaban J connectivity index is 2.48. The minimum absolute atomic E-state index is 0.261. The van der Waals surface area contributed by atoms with E-state index in [1.165, 1.54) is 20.4 Å². The summed E-state index contributed by atoms with van der Waals surface area (Å²) >= 11 is 5.95. The molecule has 21 heavy (non-hydrogen) atoms. The summed E-state index contributed by atoms with van der Waals surface area (Å²) in [6.07, 6.45) is -0.0649. The lowest BCUT2D eigenvalue weighted by atomic mass is 10.1. The van der Waals surface area contributed by atoms with E-state index in [1.807, 2.05) is 0 Å². The van der Waals surface area contributed by atoms with Gasteiger partial charge in [-0.3, -0.25) is 0 Å². The molecule has 0 aliphatic carbocycles. The van der Waals surface area contributed by atoms with Crippen molar-refractivity contribution in [2.24, 2.45) is 4.99 Å². The van der Waals surface area contributed by atoms with Gasteiger partial charge in [0.1, 0.15) is 11.1 Å². The van der Waals surface area contributed by atoms with Crippen molar-refractivity contribution in [2.75, 3.05) is 19.5 Å². The van der Waals surface area contributed by atoms with Gasteiger partial charge >= 0.3 is 0 Å². The summed E-state index contributed by atoms with van der Waals surface area (Å²) in [6, 6.07) is 6.62. The fraction of sp³-hybridized carbons (Fsp3) is 0.231. The van der Waals surface area contributed by atoms with Gasteiger partial charge in [0.25, 0.3) is 5.85 Å². The molecular weight excluding hydrogens is 298 g/mol. The van der Waals surface area contributed by atoms with Crippen molar-refractivity contribution < 1.29 is 19.4 Å². The number of hydrogen-bond acceptors (Lipinski definition) is 6. The molecule has 1 aliphatic rings. The van der Waals surface area contributed by atoms with Crippen molar-refractivity contribution in [3.8, 4) is 0 Å². The van der Waals surface area contributed by atoms with Crippen molar-refractivity contribution in [2.45, 2.75) is 5.85 Å². The normalized spacial score (nSPS) is 20.9. The van der Waals surface area contributed by atoms with Gasteiger partial charge in [-0.25, -0.2) is 4.99 Å². The third-order valence-electron chi connectivity index (χ3n) is 2.89. The molecule has 0 radical (unpaired) electrons. The number of rotatable bonds is 4. The summed E-state index contributed by atoms with van der Waals surface area (Å²) in [7, 11) is 2.86. The molecule has 0 saturated carbocycles. The van der Waals surface area contributed by atoms with Gasteiger partial charge in [-0.15, -0.1) is 0 Å². The number of methoxy groups -OCH3 is 2. The van der Waals surface area contributed by atoms with E-state index in [1.54, 1.807) is 24.3 Å². The van der Waals surface area contributed by atoms with E-state index in [0.717, 1.165) is 0 Å². The predicted octanol–water partition coefficient (Wildman–Crippen LogP) is 0.927. The number of hydrogen-bond donors (Lipinski definition) is 2. The average molecular weight is 311 g/mol. The van der Waals surface area contributed by atoms with Crippen LogP contribution in [0.1, 0.15) is 5.56 Å². The van der Waals surface area contributed by atoms with Gasteiger partial charge in [0.05, 0.1) is 18.9 Å². The zero-order chi connectivity index (χ0) is 15.5. The number of allylic oxidation sites excluding steroid dienone is 1. The van der Waals surface area contributed by atoms with E-state index in [0.29, 0.717) is 5.56 Å². The van der Waals surface area contributed by atoms with Crippen LogP contribution in [-0.2, 0) is 15.3 Å². The average Bonchev–Trinajstić information content (AvgIpc) is 2.48. The molecule has 1 unspecified atom stereocenters. The minimum Gasteiger partial charge on any atom is -0.530 e. The third-order valence-corrected chi connectivity index (χ3v) is 3.16. The first-order valence-electron chi connectivity index (χ1n) is 5.92. The Morgan fingerprint density at radius 3 is 2.76 bits per heavy atom. The molecule has 112 valence electrons. The zero-order valence-electron chi connectivity index (χ0n) is 11.3. The van der Waals surface area contributed by atoms with Crippen molar-refractivity contribution in [3.63, 3.8) is 0 Å². The van der Waals surface area contributed by atoms with E-state index in [2.05, 4.69) is 15.6 Å². The lowest BCUT2D eigenvalue weighted by Crippen LogP contribution is -2.45. The fourth-order valence-electron chi connectivity index (χ4n) is 1.95. The Morgan fingerprint density at radius 1 is 1.43 bits per heavy atom.